The third-order valence-corrected chi connectivity index (χ3v) is 4.73. The highest BCUT2D eigenvalue weighted by Crippen LogP contribution is 2.26. The fraction of sp³-hybridized carbons (Fsp3) is 0.158. The summed E-state index contributed by atoms with van der Waals surface area (Å²) in [6, 6.07) is 11.9. The van der Waals surface area contributed by atoms with Crippen LogP contribution in [0.4, 0.5) is 11.4 Å². The van der Waals surface area contributed by atoms with Crippen LogP contribution >= 0.6 is 11.8 Å². The van der Waals surface area contributed by atoms with Crippen molar-refractivity contribution in [3.63, 3.8) is 0 Å². The average Bonchev–Trinajstić information content (AvgIpc) is 2.72. The van der Waals surface area contributed by atoms with Crippen molar-refractivity contribution in [2.24, 2.45) is 0 Å². The minimum atomic E-state index is -0.432. The monoisotopic (exact) mass is 413 g/mol. The Labute approximate surface area is 170 Å². The molecule has 0 aliphatic carbocycles. The highest BCUT2D eigenvalue weighted by Gasteiger charge is 2.12. The Morgan fingerprint density at radius 3 is 2.45 bits per heavy atom. The van der Waals surface area contributed by atoms with Gasteiger partial charge < -0.3 is 20.5 Å². The van der Waals surface area contributed by atoms with Gasteiger partial charge in [0.1, 0.15) is 11.5 Å². The Morgan fingerprint density at radius 1 is 1.14 bits per heavy atom. The summed E-state index contributed by atoms with van der Waals surface area (Å²) in [5.41, 5.74) is 7.03. The molecule has 0 aliphatic rings. The number of thioether (sulfide) groups is 1. The van der Waals surface area contributed by atoms with Crippen LogP contribution in [0, 0.1) is 0 Å². The molecule has 9 nitrogen and oxygen atoms in total. The summed E-state index contributed by atoms with van der Waals surface area (Å²) in [6.45, 7) is 0. The number of anilines is 2. The van der Waals surface area contributed by atoms with Gasteiger partial charge >= 0.3 is 0 Å². The van der Waals surface area contributed by atoms with E-state index in [-0.39, 0.29) is 22.5 Å². The lowest BCUT2D eigenvalue weighted by atomic mass is 10.1. The number of rotatable bonds is 7. The number of carbonyl (C=O) groups is 1. The van der Waals surface area contributed by atoms with Gasteiger partial charge in [-0.15, -0.1) is 10.2 Å². The minimum Gasteiger partial charge on any atom is -0.497 e. The van der Waals surface area contributed by atoms with Gasteiger partial charge in [0.15, 0.2) is 10.9 Å². The molecule has 3 rings (SSSR count). The molecule has 0 radical (unpaired) electrons. The fourth-order valence-electron chi connectivity index (χ4n) is 2.49. The molecule has 0 bridgehead atoms. The maximum atomic E-state index is 12.3. The summed E-state index contributed by atoms with van der Waals surface area (Å²) >= 11 is 1.05. The first kappa shape index (κ1) is 20.2. The van der Waals surface area contributed by atoms with E-state index in [1.54, 1.807) is 42.5 Å². The number of H-pyrrole nitrogens is 1. The Balaban J connectivity index is 1.66. The first-order valence-corrected chi connectivity index (χ1v) is 9.46. The Morgan fingerprint density at radius 2 is 1.83 bits per heavy atom. The van der Waals surface area contributed by atoms with Crippen LogP contribution in [-0.4, -0.2) is 41.1 Å². The second-order valence-electron chi connectivity index (χ2n) is 5.83. The second kappa shape index (κ2) is 9.11. The van der Waals surface area contributed by atoms with E-state index >= 15 is 0 Å². The number of methoxy groups -OCH3 is 2. The highest BCUT2D eigenvalue weighted by atomic mass is 32.2. The van der Waals surface area contributed by atoms with Gasteiger partial charge in [0.2, 0.25) is 5.91 Å². The molecule has 1 heterocycles. The largest absolute Gasteiger partial charge is 0.497 e. The van der Waals surface area contributed by atoms with Gasteiger partial charge in [-0.3, -0.25) is 14.6 Å². The SMILES string of the molecule is COc1cc(NC(=O)CSc2nnc(-c3ccccc3N)c(=O)[nH]2)cc(OC)c1. The van der Waals surface area contributed by atoms with Crippen LogP contribution in [0.3, 0.4) is 0 Å². The van der Waals surface area contributed by atoms with Crippen molar-refractivity contribution in [3.8, 4) is 22.8 Å². The third-order valence-electron chi connectivity index (χ3n) is 3.87. The summed E-state index contributed by atoms with van der Waals surface area (Å²) < 4.78 is 10.3. The average molecular weight is 413 g/mol. The van der Waals surface area contributed by atoms with Gasteiger partial charge in [-0.2, -0.15) is 0 Å². The maximum absolute atomic E-state index is 12.3. The molecule has 0 spiro atoms. The van der Waals surface area contributed by atoms with E-state index in [2.05, 4.69) is 20.5 Å². The molecule has 1 amide bonds. The van der Waals surface area contributed by atoms with Gasteiger partial charge in [0.25, 0.3) is 5.56 Å². The van der Waals surface area contributed by atoms with E-state index in [1.165, 1.54) is 14.2 Å². The van der Waals surface area contributed by atoms with Gasteiger partial charge in [0, 0.05) is 35.1 Å². The number of carbonyl (C=O) groups excluding carboxylic acids is 1. The number of amides is 1. The lowest BCUT2D eigenvalue weighted by molar-refractivity contribution is -0.113. The summed E-state index contributed by atoms with van der Waals surface area (Å²) in [6.07, 6.45) is 0. The van der Waals surface area contributed by atoms with Gasteiger partial charge in [-0.1, -0.05) is 30.0 Å². The molecule has 0 saturated heterocycles. The van der Waals surface area contributed by atoms with Crippen molar-refractivity contribution in [2.45, 2.75) is 5.16 Å². The molecule has 150 valence electrons. The first-order valence-electron chi connectivity index (χ1n) is 8.47. The number of nitrogens with zero attached hydrogens (tertiary/aromatic N) is 2. The molecule has 0 fully saturated rings. The molecule has 1 aromatic heterocycles. The van der Waals surface area contributed by atoms with Crippen molar-refractivity contribution >= 4 is 29.0 Å². The lowest BCUT2D eigenvalue weighted by Gasteiger charge is -2.09. The van der Waals surface area contributed by atoms with E-state index in [1.807, 2.05) is 0 Å². The number of nitrogens with one attached hydrogen (secondary N) is 2. The molecule has 2 aromatic carbocycles. The number of hydrogen-bond donors (Lipinski definition) is 3. The van der Waals surface area contributed by atoms with Crippen LogP contribution in [-0.2, 0) is 4.79 Å². The Bertz CT molecular complexity index is 1060. The van der Waals surface area contributed by atoms with Crippen LogP contribution in [0.1, 0.15) is 0 Å². The number of nitrogens with two attached hydrogens (primary N) is 1. The molecule has 29 heavy (non-hydrogen) atoms. The Kier molecular flexibility index (Phi) is 6.35. The number of benzene rings is 2. The van der Waals surface area contributed by atoms with Crippen molar-refractivity contribution in [3.05, 3.63) is 52.8 Å². The normalized spacial score (nSPS) is 10.4. The van der Waals surface area contributed by atoms with E-state index in [9.17, 15) is 9.59 Å². The molecule has 0 aliphatic heterocycles. The molecular weight excluding hydrogens is 394 g/mol. The summed E-state index contributed by atoms with van der Waals surface area (Å²) in [5.74, 6) is 0.845. The van der Waals surface area contributed by atoms with E-state index < -0.39 is 5.56 Å². The predicted molar refractivity (Wildman–Crippen MR) is 111 cm³/mol. The fourth-order valence-corrected chi connectivity index (χ4v) is 3.09. The highest BCUT2D eigenvalue weighted by molar-refractivity contribution is 7.99. The van der Waals surface area contributed by atoms with E-state index in [0.29, 0.717) is 28.4 Å². The van der Waals surface area contributed by atoms with Crippen molar-refractivity contribution < 1.29 is 14.3 Å². The minimum absolute atomic E-state index is 0.0248. The lowest BCUT2D eigenvalue weighted by Crippen LogP contribution is -2.17. The van der Waals surface area contributed by atoms with Crippen molar-refractivity contribution in [1.29, 1.82) is 0 Å². The van der Waals surface area contributed by atoms with Gasteiger partial charge in [0.05, 0.1) is 20.0 Å². The van der Waals surface area contributed by atoms with Crippen LogP contribution in [0.25, 0.3) is 11.3 Å². The summed E-state index contributed by atoms with van der Waals surface area (Å²) in [7, 11) is 3.05. The van der Waals surface area contributed by atoms with Gasteiger partial charge in [-0.25, -0.2) is 0 Å². The Hall–Kier alpha value is -3.53. The number of aromatic amines is 1. The number of para-hydroxylation sites is 1. The first-order chi connectivity index (χ1) is 14.0. The summed E-state index contributed by atoms with van der Waals surface area (Å²) in [5, 5.41) is 10.9. The number of hydrogen-bond acceptors (Lipinski definition) is 8. The van der Waals surface area contributed by atoms with Crippen molar-refractivity contribution in [2.75, 3.05) is 31.0 Å². The zero-order valence-electron chi connectivity index (χ0n) is 15.8. The zero-order valence-corrected chi connectivity index (χ0v) is 16.6. The number of aromatic nitrogens is 3. The third kappa shape index (κ3) is 5.05. The molecule has 0 unspecified atom stereocenters. The van der Waals surface area contributed by atoms with Crippen LogP contribution in [0.15, 0.2) is 52.4 Å². The summed E-state index contributed by atoms with van der Waals surface area (Å²) in [4.78, 5) is 27.2. The molecule has 0 atom stereocenters. The predicted octanol–water partition coefficient (Wildman–Crippen LogP) is 2.16. The number of nitrogen functional groups attached to an aromatic ring is 1. The molecular formula is C19H19N5O4S. The second-order valence-corrected chi connectivity index (χ2v) is 6.80. The van der Waals surface area contributed by atoms with Crippen molar-refractivity contribution in [1.82, 2.24) is 15.2 Å². The smallest absolute Gasteiger partial charge is 0.278 e. The topological polar surface area (TPSA) is 132 Å². The molecule has 4 N–H and O–H groups in total. The quantitative estimate of drug-likeness (QED) is 0.396. The number of ether oxygens (including phenoxy) is 2. The van der Waals surface area contributed by atoms with Crippen LogP contribution < -0.4 is 26.1 Å². The molecule has 3 aromatic rings. The molecule has 10 heteroatoms. The zero-order chi connectivity index (χ0) is 20.8. The van der Waals surface area contributed by atoms with Crippen LogP contribution in [0.5, 0.6) is 11.5 Å². The van der Waals surface area contributed by atoms with E-state index in [0.717, 1.165) is 11.8 Å². The van der Waals surface area contributed by atoms with Gasteiger partial charge in [-0.05, 0) is 6.07 Å². The van der Waals surface area contributed by atoms with E-state index in [4.69, 9.17) is 15.2 Å². The molecule has 0 saturated carbocycles. The van der Waals surface area contributed by atoms with Crippen LogP contribution in [0.2, 0.25) is 0 Å². The standard InChI is InChI=1S/C19H19N5O4S/c1-27-12-7-11(8-13(9-12)28-2)21-16(25)10-29-19-22-18(26)17(23-24-19)14-5-3-4-6-15(14)20/h3-9H,10,20H2,1-2H3,(H,21,25)(H,22,24,26). The maximum Gasteiger partial charge on any atom is 0.278 e.